The Kier molecular flexibility index (Phi) is 4.55. The standard InChI is InChI=1S/C54H26N4O2/c1-3-19-45-27(9-1)31-21-23-37-47(53(31)59-45)33-13-7-17-41-51(33)55(37)39-15-5-11-29-35-25-36-30-12-6-16-40-50(30)58(44(36)26-43(35)57(41)49(29)39)42-18-8-14-34-48-38(56(40)52(34)42)24-22-32-28-10-2-4-20-46(28)60-54(32)48/h1-26H. The van der Waals surface area contributed by atoms with E-state index in [9.17, 15) is 0 Å². The van der Waals surface area contributed by atoms with Gasteiger partial charge in [0, 0.05) is 53.9 Å². The van der Waals surface area contributed by atoms with E-state index in [1.807, 2.05) is 0 Å². The number of fused-ring (bicyclic) bond motifs is 24. The van der Waals surface area contributed by atoms with Crippen LogP contribution >= 0.6 is 0 Å². The van der Waals surface area contributed by atoms with Crippen molar-refractivity contribution in [2.45, 2.75) is 0 Å². The Morgan fingerprint density at radius 3 is 1.10 bits per heavy atom. The van der Waals surface area contributed by atoms with Crippen LogP contribution in [0.5, 0.6) is 0 Å². The molecule has 0 unspecified atom stereocenters. The third kappa shape index (κ3) is 2.97. The number of furan rings is 2. The fourth-order valence-electron chi connectivity index (χ4n) is 11.9. The lowest BCUT2D eigenvalue weighted by atomic mass is 10.1. The minimum absolute atomic E-state index is 0.917. The fourth-order valence-corrected chi connectivity index (χ4v) is 11.9. The second-order valence-corrected chi connectivity index (χ2v) is 16.8. The molecule has 60 heavy (non-hydrogen) atoms. The lowest BCUT2D eigenvalue weighted by Crippen LogP contribution is -1.97. The largest absolute Gasteiger partial charge is 0.455 e. The smallest absolute Gasteiger partial charge is 0.145 e. The van der Waals surface area contributed by atoms with Gasteiger partial charge in [0.1, 0.15) is 22.3 Å². The van der Waals surface area contributed by atoms with Crippen molar-refractivity contribution in [1.82, 2.24) is 17.6 Å². The predicted molar refractivity (Wildman–Crippen MR) is 247 cm³/mol. The quantitative estimate of drug-likeness (QED) is 0.144. The molecule has 8 heterocycles. The molecular weight excluding hydrogens is 737 g/mol. The van der Waals surface area contributed by atoms with Gasteiger partial charge in [-0.25, -0.2) is 0 Å². The van der Waals surface area contributed by atoms with Crippen molar-refractivity contribution in [3.63, 3.8) is 0 Å². The second-order valence-electron chi connectivity index (χ2n) is 16.8. The lowest BCUT2D eigenvalue weighted by Gasteiger charge is -2.12. The van der Waals surface area contributed by atoms with Crippen molar-refractivity contribution in [3.05, 3.63) is 158 Å². The summed E-state index contributed by atoms with van der Waals surface area (Å²) in [5.41, 5.74) is 18.0. The minimum atomic E-state index is 0.917. The molecule has 0 atom stereocenters. The van der Waals surface area contributed by atoms with E-state index in [0.717, 1.165) is 65.7 Å². The van der Waals surface area contributed by atoms with Crippen LogP contribution in [-0.4, -0.2) is 17.6 Å². The maximum absolute atomic E-state index is 6.68. The zero-order valence-electron chi connectivity index (χ0n) is 31.6. The minimum Gasteiger partial charge on any atom is -0.455 e. The molecule has 17 rings (SSSR count). The van der Waals surface area contributed by atoms with Crippen LogP contribution in [0.4, 0.5) is 0 Å². The Bertz CT molecular complexity index is 4530. The van der Waals surface area contributed by atoms with Gasteiger partial charge < -0.3 is 26.4 Å². The summed E-state index contributed by atoms with van der Waals surface area (Å²) in [6.45, 7) is 0. The van der Waals surface area contributed by atoms with Crippen LogP contribution in [0.3, 0.4) is 0 Å². The van der Waals surface area contributed by atoms with Crippen molar-refractivity contribution in [2.75, 3.05) is 0 Å². The van der Waals surface area contributed by atoms with E-state index < -0.39 is 0 Å². The topological polar surface area (TPSA) is 43.9 Å². The number of aromatic nitrogens is 4. The van der Waals surface area contributed by atoms with E-state index >= 15 is 0 Å². The molecule has 6 heteroatoms. The maximum Gasteiger partial charge on any atom is 0.145 e. The molecular formula is C54H26N4O2. The van der Waals surface area contributed by atoms with Crippen molar-refractivity contribution in [3.8, 4) is 0 Å². The highest BCUT2D eigenvalue weighted by Gasteiger charge is 2.27. The van der Waals surface area contributed by atoms with Crippen molar-refractivity contribution in [1.29, 1.82) is 0 Å². The zero-order chi connectivity index (χ0) is 38.3. The van der Waals surface area contributed by atoms with E-state index in [4.69, 9.17) is 8.83 Å². The highest BCUT2D eigenvalue weighted by atomic mass is 16.3. The number of hydrogen-bond donors (Lipinski definition) is 0. The van der Waals surface area contributed by atoms with Crippen LogP contribution in [0.25, 0.3) is 153 Å². The van der Waals surface area contributed by atoms with E-state index in [1.165, 1.54) is 87.5 Å². The molecule has 0 radical (unpaired) electrons. The van der Waals surface area contributed by atoms with Gasteiger partial charge in [-0.05, 0) is 72.8 Å². The Hall–Kier alpha value is -8.22. The van der Waals surface area contributed by atoms with E-state index in [0.29, 0.717) is 0 Å². The Morgan fingerprint density at radius 2 is 0.633 bits per heavy atom. The van der Waals surface area contributed by atoms with E-state index in [2.05, 4.69) is 175 Å². The SMILES string of the molecule is c1ccc2c(c1)oc1c2ccc2c1c1cccc3c1n2c1cccc2c4cc5c6cccc7c6n(c5cc4n3c21)c1cccc2c3c4oc5ccccc5c4ccc3n7c21. The summed E-state index contributed by atoms with van der Waals surface area (Å²) in [4.78, 5) is 0. The number of para-hydroxylation sites is 6. The summed E-state index contributed by atoms with van der Waals surface area (Å²) in [5, 5.41) is 14.3. The van der Waals surface area contributed by atoms with Crippen LogP contribution in [0.1, 0.15) is 0 Å². The van der Waals surface area contributed by atoms with Crippen LogP contribution in [0.15, 0.2) is 167 Å². The molecule has 0 bridgehead atoms. The van der Waals surface area contributed by atoms with Crippen molar-refractivity contribution < 1.29 is 8.83 Å². The summed E-state index contributed by atoms with van der Waals surface area (Å²) in [6.07, 6.45) is 0. The summed E-state index contributed by atoms with van der Waals surface area (Å²) in [6, 6.07) is 57.9. The monoisotopic (exact) mass is 762 g/mol. The molecule has 274 valence electrons. The molecule has 8 aromatic heterocycles. The molecule has 0 aliphatic rings. The van der Waals surface area contributed by atoms with Crippen LogP contribution in [0.2, 0.25) is 0 Å². The molecule has 6 nitrogen and oxygen atoms in total. The first kappa shape index (κ1) is 29.1. The summed E-state index contributed by atoms with van der Waals surface area (Å²) >= 11 is 0. The Morgan fingerprint density at radius 1 is 0.250 bits per heavy atom. The number of rotatable bonds is 0. The first-order valence-electron chi connectivity index (χ1n) is 20.6. The van der Waals surface area contributed by atoms with Gasteiger partial charge in [-0.2, -0.15) is 0 Å². The van der Waals surface area contributed by atoms with Crippen LogP contribution < -0.4 is 0 Å². The number of hydrogen-bond acceptors (Lipinski definition) is 2. The molecule has 0 aliphatic carbocycles. The predicted octanol–water partition coefficient (Wildman–Crippen LogP) is 14.6. The molecule has 0 aliphatic heterocycles. The summed E-state index contributed by atoms with van der Waals surface area (Å²) in [5.74, 6) is 0. The van der Waals surface area contributed by atoms with Gasteiger partial charge in [-0.15, -0.1) is 0 Å². The van der Waals surface area contributed by atoms with Gasteiger partial charge in [0.15, 0.2) is 0 Å². The van der Waals surface area contributed by atoms with Gasteiger partial charge in [0.05, 0.1) is 77.0 Å². The first-order valence-corrected chi connectivity index (χ1v) is 20.6. The van der Waals surface area contributed by atoms with Gasteiger partial charge in [0.25, 0.3) is 0 Å². The molecule has 0 saturated carbocycles. The highest BCUT2D eigenvalue weighted by molar-refractivity contribution is 6.31. The molecule has 0 saturated heterocycles. The van der Waals surface area contributed by atoms with Crippen molar-refractivity contribution >= 4 is 153 Å². The molecule has 9 aromatic carbocycles. The van der Waals surface area contributed by atoms with Gasteiger partial charge >= 0.3 is 0 Å². The zero-order valence-corrected chi connectivity index (χ0v) is 31.6. The third-order valence-electron chi connectivity index (χ3n) is 14.2. The van der Waals surface area contributed by atoms with Crippen molar-refractivity contribution in [2.24, 2.45) is 0 Å². The summed E-state index contributed by atoms with van der Waals surface area (Å²) in [7, 11) is 0. The van der Waals surface area contributed by atoms with E-state index in [1.54, 1.807) is 0 Å². The average Bonchev–Trinajstić information content (AvgIpc) is 4.13. The second kappa shape index (κ2) is 9.39. The van der Waals surface area contributed by atoms with Crippen LogP contribution in [-0.2, 0) is 0 Å². The van der Waals surface area contributed by atoms with Crippen LogP contribution in [0, 0.1) is 0 Å². The van der Waals surface area contributed by atoms with E-state index in [-0.39, 0.29) is 0 Å². The molecule has 0 fully saturated rings. The lowest BCUT2D eigenvalue weighted by molar-refractivity contribution is 0.672. The van der Waals surface area contributed by atoms with Gasteiger partial charge in [0.2, 0.25) is 0 Å². The first-order chi connectivity index (χ1) is 29.8. The summed E-state index contributed by atoms with van der Waals surface area (Å²) < 4.78 is 23.4. The average molecular weight is 763 g/mol. The van der Waals surface area contributed by atoms with Gasteiger partial charge in [-0.1, -0.05) is 84.9 Å². The normalized spacial score (nSPS) is 13.3. The number of nitrogens with zero attached hydrogens (tertiary/aromatic N) is 4. The molecule has 0 spiro atoms. The third-order valence-corrected chi connectivity index (χ3v) is 14.2. The highest BCUT2D eigenvalue weighted by Crippen LogP contribution is 2.48. The maximum atomic E-state index is 6.68. The fraction of sp³-hybridized carbons (Fsp3) is 0. The Labute approximate surface area is 336 Å². The molecule has 17 aromatic rings. The molecule has 0 amide bonds. The Balaban J connectivity index is 1.07. The van der Waals surface area contributed by atoms with Gasteiger partial charge in [-0.3, -0.25) is 0 Å². The molecule has 0 N–H and O–H groups in total. The number of benzene rings is 9.